The van der Waals surface area contributed by atoms with E-state index in [-0.39, 0.29) is 11.8 Å². The van der Waals surface area contributed by atoms with Crippen molar-refractivity contribution >= 4 is 28.6 Å². The van der Waals surface area contributed by atoms with Crippen LogP contribution in [0.5, 0.6) is 0 Å². The molecule has 1 aliphatic rings. The molecular weight excluding hydrogens is 270 g/mol. The molecule has 0 atom stereocenters. The number of nitrogens with zero attached hydrogens (tertiary/aromatic N) is 2. The van der Waals surface area contributed by atoms with Crippen molar-refractivity contribution in [3.8, 4) is 0 Å². The normalized spacial score (nSPS) is 14.7. The van der Waals surface area contributed by atoms with E-state index in [4.69, 9.17) is 0 Å². The first-order valence-corrected chi connectivity index (χ1v) is 6.79. The van der Waals surface area contributed by atoms with Gasteiger partial charge in [0.1, 0.15) is 11.5 Å². The topological polar surface area (TPSA) is 99.2 Å². The second-order valence-electron chi connectivity index (χ2n) is 4.80. The maximum Gasteiger partial charge on any atom is 0.267 e. The molecule has 0 saturated carbocycles. The molecule has 3 rings (SSSR count). The van der Waals surface area contributed by atoms with E-state index in [0.29, 0.717) is 31.5 Å². The Labute approximate surface area is 120 Å². The minimum atomic E-state index is -0.244. The van der Waals surface area contributed by atoms with Gasteiger partial charge in [-0.15, -0.1) is 0 Å². The van der Waals surface area contributed by atoms with Gasteiger partial charge in [0.2, 0.25) is 5.91 Å². The van der Waals surface area contributed by atoms with Crippen LogP contribution in [0.3, 0.4) is 0 Å². The average Bonchev–Trinajstić information content (AvgIpc) is 2.90. The summed E-state index contributed by atoms with van der Waals surface area (Å²) in [6.07, 6.45) is 1.29. The number of carbonyl (C=O) groups is 2. The molecule has 0 radical (unpaired) electrons. The van der Waals surface area contributed by atoms with Crippen LogP contribution in [0.1, 0.15) is 18.7 Å². The molecule has 1 aliphatic heterocycles. The molecule has 0 saturated heterocycles. The van der Waals surface area contributed by atoms with Gasteiger partial charge in [0.15, 0.2) is 0 Å². The van der Waals surface area contributed by atoms with Crippen LogP contribution in [0.4, 0.5) is 0 Å². The summed E-state index contributed by atoms with van der Waals surface area (Å²) in [5.74, 6) is 0.426. The quantitative estimate of drug-likeness (QED) is 0.762. The monoisotopic (exact) mass is 285 g/mol. The molecule has 2 heterocycles. The van der Waals surface area contributed by atoms with Gasteiger partial charge in [0, 0.05) is 25.8 Å². The predicted molar refractivity (Wildman–Crippen MR) is 77.6 cm³/mol. The molecule has 0 unspecified atom stereocenters. The summed E-state index contributed by atoms with van der Waals surface area (Å²) in [4.78, 5) is 30.4. The predicted octanol–water partition coefficient (Wildman–Crippen LogP) is 0.488. The van der Waals surface area contributed by atoms with Gasteiger partial charge in [-0.05, 0) is 12.1 Å². The highest BCUT2D eigenvalue weighted by molar-refractivity contribution is 6.39. The molecule has 0 aliphatic carbocycles. The smallest absolute Gasteiger partial charge is 0.267 e. The number of nitrogens with one attached hydrogen (secondary N) is 3. The van der Waals surface area contributed by atoms with Crippen LogP contribution in [0, 0.1) is 0 Å². The Morgan fingerprint density at radius 2 is 2.14 bits per heavy atom. The number of carbonyl (C=O) groups excluding carboxylic acids is 2. The number of hydrazone groups is 1. The minimum Gasteiger partial charge on any atom is -0.350 e. The molecule has 1 aromatic carbocycles. The summed E-state index contributed by atoms with van der Waals surface area (Å²) in [6.45, 7) is 0.464. The highest BCUT2D eigenvalue weighted by Crippen LogP contribution is 2.10. The number of hydrogen-bond donors (Lipinski definition) is 3. The van der Waals surface area contributed by atoms with Gasteiger partial charge in [0.25, 0.3) is 5.91 Å². The van der Waals surface area contributed by atoms with Crippen molar-refractivity contribution in [1.82, 2.24) is 20.7 Å². The number of benzene rings is 1. The zero-order chi connectivity index (χ0) is 14.7. The fourth-order valence-electron chi connectivity index (χ4n) is 2.16. The van der Waals surface area contributed by atoms with Gasteiger partial charge in [-0.3, -0.25) is 9.59 Å². The molecule has 7 heteroatoms. The standard InChI is InChI=1S/C14H15N5O2/c20-13-6-5-11(18-19-13)14(21)15-8-7-12-16-9-3-1-2-4-10(9)17-12/h1-4H,5-8H2,(H,15,21)(H,16,17)(H,19,20). The molecule has 21 heavy (non-hydrogen) atoms. The van der Waals surface area contributed by atoms with E-state index in [9.17, 15) is 9.59 Å². The number of H-pyrrole nitrogens is 1. The van der Waals surface area contributed by atoms with E-state index in [0.717, 1.165) is 16.9 Å². The van der Waals surface area contributed by atoms with E-state index < -0.39 is 0 Å². The van der Waals surface area contributed by atoms with Crippen molar-refractivity contribution in [2.45, 2.75) is 19.3 Å². The molecule has 2 aromatic rings. The minimum absolute atomic E-state index is 0.158. The Hall–Kier alpha value is -2.70. The van der Waals surface area contributed by atoms with E-state index in [1.807, 2.05) is 24.3 Å². The van der Waals surface area contributed by atoms with Gasteiger partial charge in [-0.2, -0.15) is 5.10 Å². The fourth-order valence-corrected chi connectivity index (χ4v) is 2.16. The fraction of sp³-hybridized carbons (Fsp3) is 0.286. The van der Waals surface area contributed by atoms with Crippen molar-refractivity contribution in [3.63, 3.8) is 0 Å². The van der Waals surface area contributed by atoms with Crippen molar-refractivity contribution in [3.05, 3.63) is 30.1 Å². The largest absolute Gasteiger partial charge is 0.350 e. The number of para-hydroxylation sites is 2. The zero-order valence-electron chi connectivity index (χ0n) is 11.3. The number of amides is 2. The van der Waals surface area contributed by atoms with Crippen LogP contribution < -0.4 is 10.7 Å². The summed E-state index contributed by atoms with van der Waals surface area (Å²) in [5, 5.41) is 6.53. The highest BCUT2D eigenvalue weighted by Gasteiger charge is 2.17. The number of aromatic amines is 1. The first-order chi connectivity index (χ1) is 10.2. The summed E-state index contributed by atoms with van der Waals surface area (Å²) < 4.78 is 0. The summed E-state index contributed by atoms with van der Waals surface area (Å²) in [6, 6.07) is 7.78. The summed E-state index contributed by atoms with van der Waals surface area (Å²) >= 11 is 0. The van der Waals surface area contributed by atoms with Crippen molar-refractivity contribution in [2.75, 3.05) is 6.54 Å². The Kier molecular flexibility index (Phi) is 3.63. The van der Waals surface area contributed by atoms with Crippen molar-refractivity contribution in [1.29, 1.82) is 0 Å². The van der Waals surface area contributed by atoms with E-state index in [2.05, 4.69) is 25.8 Å². The highest BCUT2D eigenvalue weighted by atomic mass is 16.2. The Bertz CT molecular complexity index is 686. The zero-order valence-corrected chi connectivity index (χ0v) is 11.3. The lowest BCUT2D eigenvalue weighted by Gasteiger charge is -2.11. The SMILES string of the molecule is O=C1CCC(C(=O)NCCc2nc3ccccc3[nH]2)=NN1. The first kappa shape index (κ1) is 13.3. The number of aromatic nitrogens is 2. The summed E-state index contributed by atoms with van der Waals surface area (Å²) in [7, 11) is 0. The maximum atomic E-state index is 11.8. The molecule has 0 bridgehead atoms. The van der Waals surface area contributed by atoms with Gasteiger partial charge in [-0.1, -0.05) is 12.1 Å². The lowest BCUT2D eigenvalue weighted by atomic mass is 10.1. The number of fused-ring (bicyclic) bond motifs is 1. The number of imidazole rings is 1. The van der Waals surface area contributed by atoms with Gasteiger partial charge < -0.3 is 10.3 Å². The second-order valence-corrected chi connectivity index (χ2v) is 4.80. The van der Waals surface area contributed by atoms with Gasteiger partial charge in [-0.25, -0.2) is 10.4 Å². The Morgan fingerprint density at radius 1 is 1.29 bits per heavy atom. The summed E-state index contributed by atoms with van der Waals surface area (Å²) in [5.41, 5.74) is 4.57. The van der Waals surface area contributed by atoms with Crippen LogP contribution in [-0.4, -0.2) is 34.0 Å². The lowest BCUT2D eigenvalue weighted by molar-refractivity contribution is -0.121. The third-order valence-corrected chi connectivity index (χ3v) is 3.25. The van der Waals surface area contributed by atoms with E-state index in [1.165, 1.54) is 0 Å². The maximum absolute atomic E-state index is 11.8. The van der Waals surface area contributed by atoms with E-state index in [1.54, 1.807) is 0 Å². The molecular formula is C14H15N5O2. The first-order valence-electron chi connectivity index (χ1n) is 6.79. The number of rotatable bonds is 4. The molecule has 3 N–H and O–H groups in total. The Morgan fingerprint density at radius 3 is 2.90 bits per heavy atom. The van der Waals surface area contributed by atoms with Crippen LogP contribution in [0.2, 0.25) is 0 Å². The number of hydrogen-bond acceptors (Lipinski definition) is 4. The lowest BCUT2D eigenvalue weighted by Crippen LogP contribution is -2.37. The third-order valence-electron chi connectivity index (χ3n) is 3.25. The van der Waals surface area contributed by atoms with Crippen LogP contribution in [0.15, 0.2) is 29.4 Å². The van der Waals surface area contributed by atoms with Crippen LogP contribution >= 0.6 is 0 Å². The van der Waals surface area contributed by atoms with Crippen LogP contribution in [-0.2, 0) is 16.0 Å². The molecule has 7 nitrogen and oxygen atoms in total. The second kappa shape index (κ2) is 5.74. The molecule has 108 valence electrons. The van der Waals surface area contributed by atoms with Crippen LogP contribution in [0.25, 0.3) is 11.0 Å². The molecule has 0 fully saturated rings. The molecule has 1 aromatic heterocycles. The van der Waals surface area contributed by atoms with Gasteiger partial charge in [0.05, 0.1) is 11.0 Å². The molecule has 2 amide bonds. The van der Waals surface area contributed by atoms with Crippen molar-refractivity contribution < 1.29 is 9.59 Å². The Balaban J connectivity index is 1.53. The van der Waals surface area contributed by atoms with Crippen molar-refractivity contribution in [2.24, 2.45) is 5.10 Å². The average molecular weight is 285 g/mol. The van der Waals surface area contributed by atoms with E-state index >= 15 is 0 Å². The van der Waals surface area contributed by atoms with Gasteiger partial charge >= 0.3 is 0 Å². The molecule has 0 spiro atoms. The third kappa shape index (κ3) is 3.07.